The van der Waals surface area contributed by atoms with Crippen LogP contribution < -0.4 is 10.2 Å². The number of fused-ring (bicyclic) bond motifs is 1. The maximum Gasteiger partial charge on any atom is 0.393 e. The van der Waals surface area contributed by atoms with Crippen LogP contribution in [0.5, 0.6) is 0 Å². The van der Waals surface area contributed by atoms with Gasteiger partial charge in [-0.15, -0.1) is 11.3 Å². The molecule has 5 rings (SSSR count). The first kappa shape index (κ1) is 20.7. The molecule has 0 radical (unpaired) electrons. The smallest absolute Gasteiger partial charge is 0.355 e. The molecule has 1 aliphatic heterocycles. The molecule has 0 bridgehead atoms. The molecule has 1 saturated heterocycles. The third-order valence-electron chi connectivity index (χ3n) is 6.61. The maximum absolute atomic E-state index is 12.8. The van der Waals surface area contributed by atoms with Crippen molar-refractivity contribution >= 4 is 27.4 Å². The second kappa shape index (κ2) is 8.06. The van der Waals surface area contributed by atoms with Crippen LogP contribution in [-0.2, 0) is 13.0 Å². The molecule has 3 heterocycles. The summed E-state index contributed by atoms with van der Waals surface area (Å²) in [6.07, 6.45) is 0.926. The topological polar surface area (TPSA) is 41.0 Å². The van der Waals surface area contributed by atoms with E-state index in [0.717, 1.165) is 61.4 Å². The number of aromatic nitrogens is 2. The van der Waals surface area contributed by atoms with Crippen molar-refractivity contribution in [2.75, 3.05) is 18.0 Å². The maximum atomic E-state index is 12.8. The molecule has 31 heavy (non-hydrogen) atoms. The summed E-state index contributed by atoms with van der Waals surface area (Å²) in [5, 5.41) is 4.46. The molecule has 1 N–H and O–H groups in total. The quantitative estimate of drug-likeness (QED) is 0.575. The van der Waals surface area contributed by atoms with Gasteiger partial charge in [0, 0.05) is 30.6 Å². The van der Waals surface area contributed by atoms with E-state index in [-0.39, 0.29) is 5.41 Å². The molecular weight excluding hydrogens is 421 g/mol. The Kier molecular flexibility index (Phi) is 5.38. The zero-order valence-electron chi connectivity index (χ0n) is 17.2. The van der Waals surface area contributed by atoms with Crippen LogP contribution in [0.15, 0.2) is 42.7 Å². The fourth-order valence-corrected chi connectivity index (χ4v) is 6.18. The molecule has 3 aromatic rings. The third kappa shape index (κ3) is 4.55. The lowest BCUT2D eigenvalue weighted by atomic mass is 9.85. The zero-order valence-corrected chi connectivity index (χ0v) is 18.0. The Hall–Kier alpha value is -2.19. The molecule has 0 amide bonds. The van der Waals surface area contributed by atoms with E-state index >= 15 is 0 Å². The minimum atomic E-state index is -4.21. The van der Waals surface area contributed by atoms with E-state index in [0.29, 0.717) is 15.7 Å². The van der Waals surface area contributed by atoms with Crippen LogP contribution in [0.3, 0.4) is 0 Å². The van der Waals surface area contributed by atoms with E-state index in [2.05, 4.69) is 44.5 Å². The van der Waals surface area contributed by atoms with Gasteiger partial charge in [-0.05, 0) is 42.7 Å². The van der Waals surface area contributed by atoms with Gasteiger partial charge >= 0.3 is 6.18 Å². The Balaban J connectivity index is 1.27. The number of anilines is 1. The van der Waals surface area contributed by atoms with E-state index < -0.39 is 12.6 Å². The van der Waals surface area contributed by atoms with E-state index in [4.69, 9.17) is 0 Å². The molecule has 1 aliphatic carbocycles. The van der Waals surface area contributed by atoms with Gasteiger partial charge in [0.2, 0.25) is 0 Å². The first-order valence-corrected chi connectivity index (χ1v) is 11.5. The summed E-state index contributed by atoms with van der Waals surface area (Å²) in [7, 11) is 0. The molecule has 2 aliphatic rings. The molecule has 164 valence electrons. The average molecular weight is 447 g/mol. The summed E-state index contributed by atoms with van der Waals surface area (Å²) < 4.78 is 38.5. The van der Waals surface area contributed by atoms with Gasteiger partial charge < -0.3 is 10.2 Å². The van der Waals surface area contributed by atoms with E-state index in [1.807, 2.05) is 6.07 Å². The molecular formula is C23H25F3N4S. The summed E-state index contributed by atoms with van der Waals surface area (Å²) in [6, 6.07) is 12.6. The zero-order chi connectivity index (χ0) is 21.5. The summed E-state index contributed by atoms with van der Waals surface area (Å²) in [5.74, 6) is 0.784. The van der Waals surface area contributed by atoms with Crippen LogP contribution in [0.1, 0.15) is 36.1 Å². The number of hydrogen-bond acceptors (Lipinski definition) is 5. The molecule has 2 fully saturated rings. The molecule has 1 aromatic carbocycles. The summed E-state index contributed by atoms with van der Waals surface area (Å²) in [6.45, 7) is 2.68. The van der Waals surface area contributed by atoms with Gasteiger partial charge in [0.05, 0.1) is 11.8 Å². The van der Waals surface area contributed by atoms with Gasteiger partial charge in [-0.1, -0.05) is 30.3 Å². The number of rotatable bonds is 5. The molecule has 1 saturated carbocycles. The highest BCUT2D eigenvalue weighted by Crippen LogP contribution is 2.47. The summed E-state index contributed by atoms with van der Waals surface area (Å²) in [5.41, 5.74) is 1.56. The number of halogens is 3. The number of hydrogen-bond donors (Lipinski definition) is 1. The minimum absolute atomic E-state index is 0.260. The van der Waals surface area contributed by atoms with Crippen molar-refractivity contribution in [3.63, 3.8) is 0 Å². The largest absolute Gasteiger partial charge is 0.393 e. The molecule has 2 atom stereocenters. The molecule has 1 spiro atoms. The van der Waals surface area contributed by atoms with Crippen LogP contribution in [0.25, 0.3) is 10.2 Å². The number of alkyl halides is 3. The number of thiophene rings is 1. The second-order valence-electron chi connectivity index (χ2n) is 8.90. The minimum Gasteiger partial charge on any atom is -0.355 e. The van der Waals surface area contributed by atoms with Gasteiger partial charge in [-0.2, -0.15) is 13.2 Å². The lowest BCUT2D eigenvalue weighted by molar-refractivity contribution is -0.126. The third-order valence-corrected chi connectivity index (χ3v) is 7.66. The first-order valence-electron chi connectivity index (χ1n) is 10.7. The Bertz CT molecular complexity index is 1050. The van der Waals surface area contributed by atoms with Crippen LogP contribution in [-0.4, -0.2) is 35.3 Å². The number of nitrogens with zero attached hydrogens (tertiary/aromatic N) is 3. The molecule has 8 heteroatoms. The molecule has 0 unspecified atom stereocenters. The lowest BCUT2D eigenvalue weighted by Gasteiger charge is -2.25. The average Bonchev–Trinajstić information content (AvgIpc) is 3.44. The van der Waals surface area contributed by atoms with E-state index in [1.54, 1.807) is 6.07 Å². The van der Waals surface area contributed by atoms with Crippen molar-refractivity contribution in [2.45, 2.75) is 50.9 Å². The Labute approximate surface area is 183 Å². The molecule has 2 aromatic heterocycles. The first-order chi connectivity index (χ1) is 14.9. The highest BCUT2D eigenvalue weighted by Gasteiger charge is 2.44. The van der Waals surface area contributed by atoms with E-state index in [1.165, 1.54) is 18.3 Å². The van der Waals surface area contributed by atoms with Crippen LogP contribution in [0.2, 0.25) is 0 Å². The SMILES string of the molecule is FC(F)(F)Cc1cc2c(N3CC[C@@]4(CC[C@H](NCc5ccccc5)C4)C3)ncnc2s1. The van der Waals surface area contributed by atoms with Crippen molar-refractivity contribution in [3.8, 4) is 0 Å². The summed E-state index contributed by atoms with van der Waals surface area (Å²) in [4.78, 5) is 11.9. The van der Waals surface area contributed by atoms with Gasteiger partial charge in [0.1, 0.15) is 17.0 Å². The van der Waals surface area contributed by atoms with Crippen molar-refractivity contribution in [3.05, 3.63) is 53.2 Å². The van der Waals surface area contributed by atoms with Gasteiger partial charge in [0.25, 0.3) is 0 Å². The van der Waals surface area contributed by atoms with Crippen molar-refractivity contribution in [2.24, 2.45) is 5.41 Å². The normalized spacial score (nSPS) is 24.0. The second-order valence-corrected chi connectivity index (χ2v) is 10.0. The van der Waals surface area contributed by atoms with Gasteiger partial charge in [-0.3, -0.25) is 0 Å². The van der Waals surface area contributed by atoms with Crippen LogP contribution in [0, 0.1) is 5.41 Å². The van der Waals surface area contributed by atoms with Gasteiger partial charge in [-0.25, -0.2) is 9.97 Å². The highest BCUT2D eigenvalue weighted by atomic mass is 32.1. The monoisotopic (exact) mass is 446 g/mol. The predicted octanol–water partition coefficient (Wildman–Crippen LogP) is 5.33. The number of benzene rings is 1. The highest BCUT2D eigenvalue weighted by molar-refractivity contribution is 7.18. The fraction of sp³-hybridized carbons (Fsp3) is 0.478. The van der Waals surface area contributed by atoms with E-state index in [9.17, 15) is 13.2 Å². The predicted molar refractivity (Wildman–Crippen MR) is 117 cm³/mol. The van der Waals surface area contributed by atoms with Crippen molar-refractivity contribution in [1.29, 1.82) is 0 Å². The standard InChI is InChI=1S/C23H25F3N4S/c24-23(25,26)12-18-10-19-20(28-15-29-21(19)31-18)30-9-8-22(14-30)7-6-17(11-22)27-13-16-4-2-1-3-5-16/h1-5,10,15,17,27H,6-9,11-14H2/t17-,22+/m0/s1. The summed E-state index contributed by atoms with van der Waals surface area (Å²) >= 11 is 1.12. The Morgan fingerprint density at radius 2 is 2.00 bits per heavy atom. The lowest BCUT2D eigenvalue weighted by Crippen LogP contribution is -2.30. The number of nitrogens with one attached hydrogen (secondary N) is 1. The van der Waals surface area contributed by atoms with Crippen molar-refractivity contribution in [1.82, 2.24) is 15.3 Å². The Morgan fingerprint density at radius 3 is 2.81 bits per heavy atom. The molecule has 4 nitrogen and oxygen atoms in total. The van der Waals surface area contributed by atoms with Crippen LogP contribution >= 0.6 is 11.3 Å². The Morgan fingerprint density at radius 1 is 1.16 bits per heavy atom. The van der Waals surface area contributed by atoms with Crippen molar-refractivity contribution < 1.29 is 13.2 Å². The fourth-order valence-electron chi connectivity index (χ4n) is 5.16. The van der Waals surface area contributed by atoms with Crippen LogP contribution in [0.4, 0.5) is 19.0 Å². The van der Waals surface area contributed by atoms with Gasteiger partial charge in [0.15, 0.2) is 0 Å².